The fourth-order valence-electron chi connectivity index (χ4n) is 1.89. The Morgan fingerprint density at radius 1 is 1.16 bits per heavy atom. The molecule has 0 radical (unpaired) electrons. The number of hydrogen-bond donors (Lipinski definition) is 1. The van der Waals surface area contributed by atoms with Crippen molar-refractivity contribution < 1.29 is 13.9 Å². The van der Waals surface area contributed by atoms with E-state index >= 15 is 0 Å². The number of rotatable bonds is 9. The molecule has 108 valence electrons. The molecule has 0 amide bonds. The van der Waals surface area contributed by atoms with Gasteiger partial charge in [-0.05, 0) is 12.5 Å². The smallest absolute Gasteiger partial charge is 0.150 e. The predicted molar refractivity (Wildman–Crippen MR) is 74.5 cm³/mol. The van der Waals surface area contributed by atoms with Gasteiger partial charge < -0.3 is 15.2 Å². The monoisotopic (exact) mass is 270 g/mol. The number of nitrogens with two attached hydrogens (primary N) is 1. The third-order valence-corrected chi connectivity index (χ3v) is 2.94. The molecule has 1 aromatic carbocycles. The third kappa shape index (κ3) is 5.55. The first-order valence-corrected chi connectivity index (χ1v) is 6.42. The van der Waals surface area contributed by atoms with E-state index in [4.69, 9.17) is 15.2 Å². The van der Waals surface area contributed by atoms with Gasteiger partial charge in [0.05, 0.1) is 12.3 Å². The van der Waals surface area contributed by atoms with Gasteiger partial charge in [0.25, 0.3) is 0 Å². The van der Waals surface area contributed by atoms with Crippen LogP contribution in [-0.2, 0) is 16.0 Å². The van der Waals surface area contributed by atoms with E-state index < -0.39 is 0 Å². The van der Waals surface area contributed by atoms with Crippen molar-refractivity contribution in [1.29, 1.82) is 0 Å². The SMILES string of the molecule is COCCCN(CCOC)Cc1cccc(N)c1F. The Labute approximate surface area is 114 Å². The average Bonchev–Trinajstić information content (AvgIpc) is 2.41. The second-order valence-electron chi connectivity index (χ2n) is 4.44. The number of methoxy groups -OCH3 is 2. The molecule has 0 aromatic heterocycles. The Bertz CT molecular complexity index is 374. The summed E-state index contributed by atoms with van der Waals surface area (Å²) in [5.74, 6) is -0.323. The maximum Gasteiger partial charge on any atom is 0.150 e. The molecule has 1 aromatic rings. The van der Waals surface area contributed by atoms with Crippen LogP contribution in [0.5, 0.6) is 0 Å². The number of benzene rings is 1. The van der Waals surface area contributed by atoms with Crippen molar-refractivity contribution in [3.63, 3.8) is 0 Å². The van der Waals surface area contributed by atoms with Crippen LogP contribution in [-0.4, -0.2) is 45.4 Å². The lowest BCUT2D eigenvalue weighted by atomic mass is 10.1. The molecule has 4 nitrogen and oxygen atoms in total. The number of halogens is 1. The summed E-state index contributed by atoms with van der Waals surface area (Å²) in [7, 11) is 3.34. The first-order chi connectivity index (χ1) is 9.19. The van der Waals surface area contributed by atoms with E-state index in [1.807, 2.05) is 0 Å². The molecule has 0 heterocycles. The van der Waals surface area contributed by atoms with Gasteiger partial charge in [0.2, 0.25) is 0 Å². The van der Waals surface area contributed by atoms with Crippen LogP contribution in [0.3, 0.4) is 0 Å². The first kappa shape index (κ1) is 15.9. The van der Waals surface area contributed by atoms with Crippen molar-refractivity contribution in [2.45, 2.75) is 13.0 Å². The van der Waals surface area contributed by atoms with Gasteiger partial charge in [0.15, 0.2) is 5.82 Å². The predicted octanol–water partition coefficient (Wildman–Crippen LogP) is 1.89. The molecule has 0 aliphatic heterocycles. The lowest BCUT2D eigenvalue weighted by Crippen LogP contribution is -2.29. The summed E-state index contributed by atoms with van der Waals surface area (Å²) < 4.78 is 24.0. The van der Waals surface area contributed by atoms with Crippen molar-refractivity contribution in [3.8, 4) is 0 Å². The van der Waals surface area contributed by atoms with Gasteiger partial charge in [-0.1, -0.05) is 12.1 Å². The van der Waals surface area contributed by atoms with Crippen LogP contribution in [0.4, 0.5) is 10.1 Å². The summed E-state index contributed by atoms with van der Waals surface area (Å²) in [6, 6.07) is 5.11. The maximum absolute atomic E-state index is 13.9. The Hall–Kier alpha value is -1.17. The number of nitrogens with zero attached hydrogens (tertiary/aromatic N) is 1. The molecule has 2 N–H and O–H groups in total. The molecular weight excluding hydrogens is 247 g/mol. The molecule has 5 heteroatoms. The molecule has 0 aliphatic carbocycles. The zero-order chi connectivity index (χ0) is 14.1. The van der Waals surface area contributed by atoms with Gasteiger partial charge in [-0.25, -0.2) is 4.39 Å². The summed E-state index contributed by atoms with van der Waals surface area (Å²) in [6.45, 7) is 3.45. The Balaban J connectivity index is 2.61. The average molecular weight is 270 g/mol. The van der Waals surface area contributed by atoms with Gasteiger partial charge in [0, 0.05) is 46.0 Å². The second kappa shape index (κ2) is 8.85. The van der Waals surface area contributed by atoms with E-state index in [1.54, 1.807) is 32.4 Å². The quantitative estimate of drug-likeness (QED) is 0.550. The van der Waals surface area contributed by atoms with Crippen molar-refractivity contribution >= 4 is 5.69 Å². The second-order valence-corrected chi connectivity index (χ2v) is 4.44. The molecule has 0 atom stereocenters. The Kier molecular flexibility index (Phi) is 7.40. The van der Waals surface area contributed by atoms with E-state index in [0.717, 1.165) is 19.5 Å². The van der Waals surface area contributed by atoms with Crippen LogP contribution in [0, 0.1) is 5.82 Å². The first-order valence-electron chi connectivity index (χ1n) is 6.42. The Morgan fingerprint density at radius 2 is 1.89 bits per heavy atom. The fourth-order valence-corrected chi connectivity index (χ4v) is 1.89. The fraction of sp³-hybridized carbons (Fsp3) is 0.571. The third-order valence-electron chi connectivity index (χ3n) is 2.94. The van der Waals surface area contributed by atoms with Gasteiger partial charge >= 0.3 is 0 Å². The summed E-state index contributed by atoms with van der Waals surface area (Å²) in [5, 5.41) is 0. The summed E-state index contributed by atoms with van der Waals surface area (Å²) >= 11 is 0. The van der Waals surface area contributed by atoms with Gasteiger partial charge in [0.1, 0.15) is 0 Å². The van der Waals surface area contributed by atoms with Crippen LogP contribution in [0.1, 0.15) is 12.0 Å². The maximum atomic E-state index is 13.9. The minimum Gasteiger partial charge on any atom is -0.396 e. The standard InChI is InChI=1S/C14H23FN2O2/c1-18-9-4-7-17(8-10-19-2)11-12-5-3-6-13(16)14(12)15/h3,5-6H,4,7-11,16H2,1-2H3. The van der Waals surface area contributed by atoms with E-state index in [1.165, 1.54) is 0 Å². The molecule has 0 aliphatic rings. The van der Waals surface area contributed by atoms with E-state index in [-0.39, 0.29) is 11.5 Å². The molecule has 0 fully saturated rings. The van der Waals surface area contributed by atoms with E-state index in [2.05, 4.69) is 4.90 Å². The molecule has 0 saturated heterocycles. The lowest BCUT2D eigenvalue weighted by Gasteiger charge is -2.22. The molecule has 19 heavy (non-hydrogen) atoms. The molecule has 0 bridgehead atoms. The lowest BCUT2D eigenvalue weighted by molar-refractivity contribution is 0.128. The number of nitrogen functional groups attached to an aromatic ring is 1. The highest BCUT2D eigenvalue weighted by molar-refractivity contribution is 5.42. The molecule has 0 saturated carbocycles. The van der Waals surface area contributed by atoms with E-state index in [9.17, 15) is 4.39 Å². The zero-order valence-electron chi connectivity index (χ0n) is 11.7. The van der Waals surface area contributed by atoms with Gasteiger partial charge in [-0.2, -0.15) is 0 Å². The largest absolute Gasteiger partial charge is 0.396 e. The van der Waals surface area contributed by atoms with E-state index in [0.29, 0.717) is 25.3 Å². The van der Waals surface area contributed by atoms with Crippen LogP contribution in [0.15, 0.2) is 18.2 Å². The minimum atomic E-state index is -0.323. The van der Waals surface area contributed by atoms with Crippen molar-refractivity contribution in [1.82, 2.24) is 4.90 Å². The van der Waals surface area contributed by atoms with Crippen LogP contribution in [0.25, 0.3) is 0 Å². The van der Waals surface area contributed by atoms with Crippen molar-refractivity contribution in [2.75, 3.05) is 46.3 Å². The summed E-state index contributed by atoms with van der Waals surface area (Å²) in [4.78, 5) is 2.14. The number of hydrogen-bond acceptors (Lipinski definition) is 4. The highest BCUT2D eigenvalue weighted by Gasteiger charge is 2.10. The van der Waals surface area contributed by atoms with Gasteiger partial charge in [-0.3, -0.25) is 4.90 Å². The zero-order valence-corrected chi connectivity index (χ0v) is 11.7. The van der Waals surface area contributed by atoms with Crippen LogP contribution >= 0.6 is 0 Å². The van der Waals surface area contributed by atoms with Crippen LogP contribution < -0.4 is 5.73 Å². The molecule has 0 spiro atoms. The summed E-state index contributed by atoms with van der Waals surface area (Å²) in [5.41, 5.74) is 6.39. The molecule has 0 unspecified atom stereocenters. The minimum absolute atomic E-state index is 0.195. The molecule has 1 rings (SSSR count). The molecular formula is C14H23FN2O2. The highest BCUT2D eigenvalue weighted by atomic mass is 19.1. The van der Waals surface area contributed by atoms with Crippen LogP contribution in [0.2, 0.25) is 0 Å². The highest BCUT2D eigenvalue weighted by Crippen LogP contribution is 2.16. The number of anilines is 1. The Morgan fingerprint density at radius 3 is 2.58 bits per heavy atom. The van der Waals surface area contributed by atoms with Crippen molar-refractivity contribution in [2.24, 2.45) is 0 Å². The van der Waals surface area contributed by atoms with Gasteiger partial charge in [-0.15, -0.1) is 0 Å². The number of ether oxygens (including phenoxy) is 2. The normalized spacial score (nSPS) is 11.2. The van der Waals surface area contributed by atoms with Crippen molar-refractivity contribution in [3.05, 3.63) is 29.6 Å². The summed E-state index contributed by atoms with van der Waals surface area (Å²) in [6.07, 6.45) is 0.907. The topological polar surface area (TPSA) is 47.7 Å².